The van der Waals surface area contributed by atoms with Crippen molar-refractivity contribution >= 4 is 21.7 Å². The van der Waals surface area contributed by atoms with Gasteiger partial charge >= 0.3 is 5.97 Å². The van der Waals surface area contributed by atoms with E-state index in [1.54, 1.807) is 11.8 Å². The van der Waals surface area contributed by atoms with E-state index in [1.807, 2.05) is 6.92 Å². The lowest BCUT2D eigenvalue weighted by Crippen LogP contribution is -2.35. The Balaban J connectivity index is 4.19. The molecule has 8 heteroatoms. The molecule has 0 aliphatic heterocycles. The fourth-order valence-electron chi connectivity index (χ4n) is 1.36. The third-order valence-electron chi connectivity index (χ3n) is 2.48. The highest BCUT2D eigenvalue weighted by Crippen LogP contribution is 1.97. The van der Waals surface area contributed by atoms with Crippen molar-refractivity contribution in [2.45, 2.75) is 20.3 Å². The lowest BCUT2D eigenvalue weighted by atomic mass is 10.5. The zero-order chi connectivity index (χ0) is 14.9. The van der Waals surface area contributed by atoms with Crippen LogP contribution in [0.25, 0.3) is 0 Å². The summed E-state index contributed by atoms with van der Waals surface area (Å²) in [6.45, 7) is 4.68. The molecule has 0 heterocycles. The Bertz CT molecular complexity index is 394. The molecule has 2 N–H and O–H groups in total. The number of rotatable bonds is 10. The fraction of sp³-hybridized carbons (Fsp3) is 0.818. The molecule has 0 radical (unpaired) electrons. The Morgan fingerprint density at radius 1 is 1.21 bits per heavy atom. The first kappa shape index (κ1) is 17.8. The largest absolute Gasteiger partial charge is 0.465 e. The van der Waals surface area contributed by atoms with Crippen LogP contribution in [-0.2, 0) is 24.2 Å². The van der Waals surface area contributed by atoms with Gasteiger partial charge in [-0.1, -0.05) is 6.92 Å². The minimum atomic E-state index is -3.32. The van der Waals surface area contributed by atoms with Gasteiger partial charge in [0.2, 0.25) is 5.91 Å². The normalized spacial score (nSPS) is 11.5. The number of amides is 1. The molecule has 0 fully saturated rings. The zero-order valence-electron chi connectivity index (χ0n) is 11.4. The van der Waals surface area contributed by atoms with Gasteiger partial charge in [-0.2, -0.15) is 0 Å². The van der Waals surface area contributed by atoms with Gasteiger partial charge in [0, 0.05) is 13.0 Å². The van der Waals surface area contributed by atoms with E-state index in [0.717, 1.165) is 0 Å². The Labute approximate surface area is 114 Å². The third kappa shape index (κ3) is 9.43. The van der Waals surface area contributed by atoms with Crippen LogP contribution in [0.15, 0.2) is 0 Å². The highest BCUT2D eigenvalue weighted by Gasteiger charge is 2.16. The number of esters is 1. The Kier molecular flexibility index (Phi) is 8.33. The van der Waals surface area contributed by atoms with Gasteiger partial charge in [-0.05, 0) is 13.5 Å². The van der Waals surface area contributed by atoms with E-state index in [1.165, 1.54) is 0 Å². The van der Waals surface area contributed by atoms with Crippen molar-refractivity contribution in [1.82, 2.24) is 4.90 Å². The summed E-state index contributed by atoms with van der Waals surface area (Å²) in [5.74, 6) is -1.37. The van der Waals surface area contributed by atoms with Crippen LogP contribution in [0.2, 0.25) is 0 Å². The summed E-state index contributed by atoms with van der Waals surface area (Å²) in [4.78, 5) is 23.5. The summed E-state index contributed by atoms with van der Waals surface area (Å²) >= 11 is 0. The molecule has 0 unspecified atom stereocenters. The third-order valence-corrected chi connectivity index (χ3v) is 4.11. The number of carbonyl (C=O) groups is 2. The number of likely N-dealkylation sites (N-methyl/N-ethyl adjacent to an activating group) is 1. The summed E-state index contributed by atoms with van der Waals surface area (Å²) in [6.07, 6.45) is -0.174. The van der Waals surface area contributed by atoms with Crippen molar-refractivity contribution < 1.29 is 22.7 Å². The Morgan fingerprint density at radius 2 is 1.84 bits per heavy atom. The summed E-state index contributed by atoms with van der Waals surface area (Å²) in [5, 5.41) is 0. The molecule has 0 atom stereocenters. The molecule has 7 nitrogen and oxygen atoms in total. The second-order valence-electron chi connectivity index (χ2n) is 4.04. The van der Waals surface area contributed by atoms with Gasteiger partial charge in [0.25, 0.3) is 0 Å². The van der Waals surface area contributed by atoms with Gasteiger partial charge in [0.15, 0.2) is 9.84 Å². The second-order valence-corrected chi connectivity index (χ2v) is 6.35. The first-order valence-electron chi connectivity index (χ1n) is 6.17. The Hall–Kier alpha value is -1.15. The van der Waals surface area contributed by atoms with E-state index in [-0.39, 0.29) is 37.0 Å². The summed E-state index contributed by atoms with van der Waals surface area (Å²) < 4.78 is 28.0. The van der Waals surface area contributed by atoms with Crippen molar-refractivity contribution in [2.75, 3.05) is 37.7 Å². The predicted octanol–water partition coefficient (Wildman–Crippen LogP) is -0.838. The Morgan fingerprint density at radius 3 is 2.32 bits per heavy atom. The zero-order valence-corrected chi connectivity index (χ0v) is 12.2. The van der Waals surface area contributed by atoms with Crippen LogP contribution in [0.3, 0.4) is 0 Å². The number of hydrogen-bond donors (Lipinski definition) is 1. The number of carbonyl (C=O) groups excluding carboxylic acids is 2. The average Bonchev–Trinajstić information content (AvgIpc) is 2.32. The van der Waals surface area contributed by atoms with Gasteiger partial charge < -0.3 is 10.5 Å². The number of nitrogens with two attached hydrogens (primary N) is 1. The van der Waals surface area contributed by atoms with Crippen LogP contribution in [0, 0.1) is 0 Å². The van der Waals surface area contributed by atoms with Gasteiger partial charge in [-0.3, -0.25) is 14.5 Å². The molecule has 0 saturated heterocycles. The lowest BCUT2D eigenvalue weighted by Gasteiger charge is -2.18. The van der Waals surface area contributed by atoms with E-state index in [4.69, 9.17) is 10.5 Å². The van der Waals surface area contributed by atoms with Crippen molar-refractivity contribution in [2.24, 2.45) is 5.73 Å². The van der Waals surface area contributed by atoms with Gasteiger partial charge in [-0.15, -0.1) is 0 Å². The average molecular weight is 294 g/mol. The highest BCUT2D eigenvalue weighted by molar-refractivity contribution is 7.91. The van der Waals surface area contributed by atoms with E-state index in [9.17, 15) is 18.0 Å². The maximum atomic E-state index is 11.6. The first-order chi connectivity index (χ1) is 8.80. The molecule has 0 saturated carbocycles. The van der Waals surface area contributed by atoms with E-state index >= 15 is 0 Å². The van der Waals surface area contributed by atoms with Crippen LogP contribution >= 0.6 is 0 Å². The van der Waals surface area contributed by atoms with Crippen molar-refractivity contribution in [3.05, 3.63) is 0 Å². The van der Waals surface area contributed by atoms with Crippen molar-refractivity contribution in [3.63, 3.8) is 0 Å². The molecule has 0 rings (SSSR count). The standard InChI is InChI=1S/C11H22N2O5S/c1-3-13(9-11(15)18-4-2)6-8-19(16,17)7-5-10(12)14/h3-9H2,1-2H3,(H2,12,14). The number of sulfone groups is 1. The van der Waals surface area contributed by atoms with Crippen LogP contribution in [0.5, 0.6) is 0 Å². The van der Waals surface area contributed by atoms with E-state index < -0.39 is 15.7 Å². The highest BCUT2D eigenvalue weighted by atomic mass is 32.2. The van der Waals surface area contributed by atoms with Crippen molar-refractivity contribution in [1.29, 1.82) is 0 Å². The molecular formula is C11H22N2O5S. The summed E-state index contributed by atoms with van der Waals surface area (Å²) in [6, 6.07) is 0. The number of primary amides is 1. The lowest BCUT2D eigenvalue weighted by molar-refractivity contribution is -0.144. The molecule has 1 amide bonds. The molecule has 112 valence electrons. The molecule has 0 bridgehead atoms. The van der Waals surface area contributed by atoms with Crippen molar-refractivity contribution in [3.8, 4) is 0 Å². The number of ether oxygens (including phenoxy) is 1. The maximum Gasteiger partial charge on any atom is 0.320 e. The topological polar surface area (TPSA) is 107 Å². The molecule has 0 aliphatic carbocycles. The van der Waals surface area contributed by atoms with Gasteiger partial charge in [0.1, 0.15) is 0 Å². The first-order valence-corrected chi connectivity index (χ1v) is 7.99. The molecule has 0 aromatic carbocycles. The molecule has 0 spiro atoms. The minimum absolute atomic E-state index is 0.0652. The van der Waals surface area contributed by atoms with Gasteiger partial charge in [0.05, 0.1) is 24.7 Å². The molecular weight excluding hydrogens is 272 g/mol. The number of nitrogens with zero attached hydrogens (tertiary/aromatic N) is 1. The van der Waals surface area contributed by atoms with Crippen LogP contribution in [0.1, 0.15) is 20.3 Å². The quantitative estimate of drug-likeness (QED) is 0.527. The predicted molar refractivity (Wildman–Crippen MR) is 71.2 cm³/mol. The van der Waals surface area contributed by atoms with Crippen LogP contribution in [-0.4, -0.2) is 62.9 Å². The molecule has 0 aromatic heterocycles. The molecule has 19 heavy (non-hydrogen) atoms. The molecule has 0 aliphatic rings. The monoisotopic (exact) mass is 294 g/mol. The summed E-state index contributed by atoms with van der Waals surface area (Å²) in [5.41, 5.74) is 4.91. The van der Waals surface area contributed by atoms with Crippen LogP contribution < -0.4 is 5.73 Å². The smallest absolute Gasteiger partial charge is 0.320 e. The second kappa shape index (κ2) is 8.87. The van der Waals surface area contributed by atoms with Crippen LogP contribution in [0.4, 0.5) is 0 Å². The maximum absolute atomic E-state index is 11.6. The van der Waals surface area contributed by atoms with Gasteiger partial charge in [-0.25, -0.2) is 8.42 Å². The molecule has 0 aromatic rings. The van der Waals surface area contributed by atoms with E-state index in [2.05, 4.69) is 0 Å². The minimum Gasteiger partial charge on any atom is -0.465 e. The SMILES string of the molecule is CCOC(=O)CN(CC)CCS(=O)(=O)CCC(N)=O. The number of hydrogen-bond acceptors (Lipinski definition) is 6. The van der Waals surface area contributed by atoms with E-state index in [0.29, 0.717) is 13.2 Å². The fourth-order valence-corrected chi connectivity index (χ4v) is 2.62. The summed E-state index contributed by atoms with van der Waals surface area (Å²) in [7, 11) is -3.32.